The highest BCUT2D eigenvalue weighted by atomic mass is 16.3. The normalized spacial score (nSPS) is 16.8. The second-order valence-corrected chi connectivity index (χ2v) is 18.4. The number of para-hydroxylation sites is 2. The van der Waals surface area contributed by atoms with Gasteiger partial charge in [-0.05, 0) is 110 Å². The second-order valence-electron chi connectivity index (χ2n) is 18.4. The fourth-order valence-corrected chi connectivity index (χ4v) is 11.0. The van der Waals surface area contributed by atoms with Gasteiger partial charge in [-0.1, -0.05) is 155 Å². The van der Waals surface area contributed by atoms with Crippen LogP contribution in [0.4, 0.5) is 0 Å². The molecule has 4 nitrogen and oxygen atoms in total. The lowest BCUT2D eigenvalue weighted by Gasteiger charge is -2.28. The zero-order valence-electron chi connectivity index (χ0n) is 35.1. The first-order valence-electron chi connectivity index (χ1n) is 21.7. The van der Waals surface area contributed by atoms with Gasteiger partial charge in [0, 0.05) is 37.9 Å². The van der Waals surface area contributed by atoms with Crippen LogP contribution >= 0.6 is 0 Å². The van der Waals surface area contributed by atoms with Crippen molar-refractivity contribution in [3.8, 4) is 33.4 Å². The molecule has 3 heterocycles. The monoisotopic (exact) mass is 797 g/mol. The van der Waals surface area contributed by atoms with Gasteiger partial charge in [-0.25, -0.2) is 4.99 Å². The molecule has 4 heteroatoms. The summed E-state index contributed by atoms with van der Waals surface area (Å²) < 4.78 is 8.52. The number of aliphatic imine (C=N–C) groups is 1. The van der Waals surface area contributed by atoms with Gasteiger partial charge in [-0.15, -0.1) is 0 Å². The Morgan fingerprint density at radius 3 is 1.81 bits per heavy atom. The predicted molar refractivity (Wildman–Crippen MR) is 257 cm³/mol. The number of hydrogen-bond donors (Lipinski definition) is 1. The molecule has 0 spiro atoms. The third-order valence-electron chi connectivity index (χ3n) is 14.3. The van der Waals surface area contributed by atoms with Gasteiger partial charge in [-0.2, -0.15) is 0 Å². The van der Waals surface area contributed by atoms with E-state index in [1.54, 1.807) is 0 Å². The summed E-state index contributed by atoms with van der Waals surface area (Å²) in [6.45, 7) is 9.41. The molecule has 8 aromatic carbocycles. The van der Waals surface area contributed by atoms with E-state index in [2.05, 4.69) is 201 Å². The first kappa shape index (κ1) is 35.3. The van der Waals surface area contributed by atoms with Crippen LogP contribution < -0.4 is 5.32 Å². The molecule has 1 unspecified atom stereocenters. The van der Waals surface area contributed by atoms with E-state index in [0.717, 1.165) is 61.3 Å². The van der Waals surface area contributed by atoms with Crippen molar-refractivity contribution < 1.29 is 4.42 Å². The number of nitrogens with zero attached hydrogens (tertiary/aromatic N) is 2. The Bertz CT molecular complexity index is 3630. The highest BCUT2D eigenvalue weighted by Crippen LogP contribution is 2.51. The molecule has 1 aliphatic heterocycles. The Balaban J connectivity index is 0.981. The number of nitrogens with one attached hydrogen (secondary N) is 1. The molecule has 10 aromatic rings. The van der Waals surface area contributed by atoms with Crippen LogP contribution in [0.15, 0.2) is 185 Å². The van der Waals surface area contributed by atoms with Crippen LogP contribution in [-0.4, -0.2) is 10.5 Å². The quantitative estimate of drug-likeness (QED) is 0.193. The summed E-state index contributed by atoms with van der Waals surface area (Å²) in [5, 5.41) is 8.62. The van der Waals surface area contributed by atoms with Crippen molar-refractivity contribution in [2.45, 2.75) is 44.6 Å². The first-order chi connectivity index (χ1) is 30.2. The van der Waals surface area contributed by atoms with E-state index in [-0.39, 0.29) is 16.9 Å². The molecule has 0 saturated carbocycles. The van der Waals surface area contributed by atoms with E-state index >= 15 is 0 Å². The lowest BCUT2D eigenvalue weighted by atomic mass is 9.81. The molecule has 0 bridgehead atoms. The van der Waals surface area contributed by atoms with Crippen molar-refractivity contribution in [2.75, 3.05) is 0 Å². The Labute approximate surface area is 360 Å². The molecule has 2 aromatic heterocycles. The molecule has 0 radical (unpaired) electrons. The zero-order chi connectivity index (χ0) is 41.5. The zero-order valence-corrected chi connectivity index (χ0v) is 35.1. The van der Waals surface area contributed by atoms with Crippen molar-refractivity contribution in [3.05, 3.63) is 209 Å². The van der Waals surface area contributed by atoms with Gasteiger partial charge in [0.05, 0.1) is 22.8 Å². The number of fused-ring (bicyclic) bond motifs is 12. The van der Waals surface area contributed by atoms with E-state index < -0.39 is 0 Å². The minimum absolute atomic E-state index is 0.111. The summed E-state index contributed by atoms with van der Waals surface area (Å²) >= 11 is 0. The molecule has 0 saturated heterocycles. The lowest BCUT2D eigenvalue weighted by Crippen LogP contribution is -2.35. The third kappa shape index (κ3) is 4.92. The van der Waals surface area contributed by atoms with Crippen LogP contribution in [0.2, 0.25) is 0 Å². The molecule has 13 rings (SSSR count). The summed E-state index contributed by atoms with van der Waals surface area (Å²) in [6.07, 6.45) is 2.33. The molecular weight excluding hydrogens is 755 g/mol. The van der Waals surface area contributed by atoms with Gasteiger partial charge in [0.25, 0.3) is 0 Å². The second kappa shape index (κ2) is 12.6. The van der Waals surface area contributed by atoms with Crippen molar-refractivity contribution in [1.82, 2.24) is 9.88 Å². The minimum atomic E-state index is -0.132. The van der Waals surface area contributed by atoms with E-state index in [1.807, 2.05) is 12.1 Å². The van der Waals surface area contributed by atoms with E-state index in [4.69, 9.17) is 9.41 Å². The van der Waals surface area contributed by atoms with Gasteiger partial charge in [0.2, 0.25) is 5.96 Å². The van der Waals surface area contributed by atoms with Crippen molar-refractivity contribution >= 4 is 55.4 Å². The number of aromatic nitrogens is 1. The molecular formula is C58H43N3O. The lowest BCUT2D eigenvalue weighted by molar-refractivity contribution is 0.656. The molecule has 3 aliphatic rings. The van der Waals surface area contributed by atoms with Gasteiger partial charge in [-0.3, -0.25) is 4.57 Å². The van der Waals surface area contributed by atoms with Gasteiger partial charge in [0.15, 0.2) is 0 Å². The van der Waals surface area contributed by atoms with Crippen LogP contribution in [0.5, 0.6) is 0 Å². The van der Waals surface area contributed by atoms with Gasteiger partial charge < -0.3 is 9.73 Å². The van der Waals surface area contributed by atoms with Crippen LogP contribution in [0.1, 0.15) is 67.1 Å². The Hall–Kier alpha value is -7.43. The average Bonchev–Trinajstić information content (AvgIpc) is 3.99. The standard InChI is InChI=1S/C58H43N3O/c1-57(2)46-17-9-5-13-38(46)40-25-21-36(31-48(40)57)50-33-51(37-22-26-41-39-14-6-10-18-47(39)58(3,4)49(41)32-37)60-56(59-50)61-52-19-11-7-15-42(52)44-29-34(23-27-53(44)61)35-24-28-55-45(30-35)43-16-8-12-20-54(43)62-55/h5-33,50H,1-4H3,(H,59,60). The molecule has 0 amide bonds. The van der Waals surface area contributed by atoms with Crippen molar-refractivity contribution in [3.63, 3.8) is 0 Å². The summed E-state index contributed by atoms with van der Waals surface area (Å²) in [7, 11) is 0. The van der Waals surface area contributed by atoms with Crippen LogP contribution in [0, 0.1) is 0 Å². The SMILES string of the molecule is CC1(C)c2ccccc2-c2ccc(C3=CC(c4ccc5c(c4)C(C)(C)c4ccccc4-5)NC(n4c5ccccc5c5cc(-c6ccc7oc8ccccc8c7c6)ccc54)=N3)cc21. The molecule has 1 N–H and O–H groups in total. The summed E-state index contributed by atoms with van der Waals surface area (Å²) in [4.78, 5) is 5.58. The summed E-state index contributed by atoms with van der Waals surface area (Å²) in [6, 6.07) is 62.1. The summed E-state index contributed by atoms with van der Waals surface area (Å²) in [5.41, 5.74) is 20.1. The maximum atomic E-state index is 6.19. The van der Waals surface area contributed by atoms with Gasteiger partial charge >= 0.3 is 0 Å². The van der Waals surface area contributed by atoms with Gasteiger partial charge in [0.1, 0.15) is 11.2 Å². The number of rotatable bonds is 3. The number of hydrogen-bond acceptors (Lipinski definition) is 3. The maximum absolute atomic E-state index is 6.19. The molecule has 2 aliphatic carbocycles. The van der Waals surface area contributed by atoms with Crippen molar-refractivity contribution in [2.24, 2.45) is 4.99 Å². The number of benzene rings is 8. The maximum Gasteiger partial charge on any atom is 0.209 e. The highest BCUT2D eigenvalue weighted by Gasteiger charge is 2.37. The summed E-state index contributed by atoms with van der Waals surface area (Å²) in [5.74, 6) is 0.809. The molecule has 296 valence electrons. The van der Waals surface area contributed by atoms with Crippen LogP contribution in [0.3, 0.4) is 0 Å². The smallest absolute Gasteiger partial charge is 0.209 e. The number of furan rings is 1. The first-order valence-corrected chi connectivity index (χ1v) is 21.7. The van der Waals surface area contributed by atoms with Crippen molar-refractivity contribution in [1.29, 1.82) is 0 Å². The van der Waals surface area contributed by atoms with E-state index in [0.29, 0.717) is 0 Å². The fraction of sp³-hybridized carbons (Fsp3) is 0.121. The third-order valence-corrected chi connectivity index (χ3v) is 14.3. The molecule has 1 atom stereocenters. The predicted octanol–water partition coefficient (Wildman–Crippen LogP) is 14.6. The van der Waals surface area contributed by atoms with E-state index in [1.165, 1.54) is 60.8 Å². The largest absolute Gasteiger partial charge is 0.456 e. The van der Waals surface area contributed by atoms with E-state index in [9.17, 15) is 0 Å². The Morgan fingerprint density at radius 2 is 1.03 bits per heavy atom. The topological polar surface area (TPSA) is 42.5 Å². The average molecular weight is 798 g/mol. The van der Waals surface area contributed by atoms with Crippen LogP contribution in [0.25, 0.3) is 82.8 Å². The molecule has 62 heavy (non-hydrogen) atoms. The fourth-order valence-electron chi connectivity index (χ4n) is 11.0. The highest BCUT2D eigenvalue weighted by molar-refractivity contribution is 6.16. The minimum Gasteiger partial charge on any atom is -0.456 e. The Kier molecular flexibility index (Phi) is 7.16. The van der Waals surface area contributed by atoms with Crippen LogP contribution in [-0.2, 0) is 10.8 Å². The Morgan fingerprint density at radius 1 is 0.468 bits per heavy atom. The molecule has 0 fully saturated rings.